The summed E-state index contributed by atoms with van der Waals surface area (Å²) in [5, 5.41) is 15.9. The lowest BCUT2D eigenvalue weighted by atomic mass is 9.79. The lowest BCUT2D eigenvalue weighted by Crippen LogP contribution is -2.46. The Morgan fingerprint density at radius 2 is 2.03 bits per heavy atom. The fourth-order valence-electron chi connectivity index (χ4n) is 4.22. The summed E-state index contributed by atoms with van der Waals surface area (Å²) in [6.45, 7) is 0. The molecule has 12 heteroatoms. The molecule has 0 aliphatic heterocycles. The van der Waals surface area contributed by atoms with Crippen LogP contribution in [-0.4, -0.2) is 35.2 Å². The molecule has 31 heavy (non-hydrogen) atoms. The minimum absolute atomic E-state index is 0.0995. The number of aromatic nitrogens is 6. The Morgan fingerprint density at radius 1 is 1.19 bits per heavy atom. The molecular formula is C19H18BrF3N8. The molecule has 162 valence electrons. The van der Waals surface area contributed by atoms with Gasteiger partial charge in [-0.3, -0.25) is 4.40 Å². The number of hydrogen-bond acceptors (Lipinski definition) is 6. The molecule has 1 aliphatic carbocycles. The topological polar surface area (TPSA) is 98.4 Å². The largest absolute Gasteiger partial charge is 0.433 e. The van der Waals surface area contributed by atoms with Gasteiger partial charge in [-0.2, -0.15) is 22.8 Å². The minimum atomic E-state index is -4.57. The predicted octanol–water partition coefficient (Wildman–Crippen LogP) is 3.76. The first-order chi connectivity index (χ1) is 14.7. The van der Waals surface area contributed by atoms with Gasteiger partial charge < -0.3 is 11.1 Å². The molecule has 4 heterocycles. The molecule has 2 unspecified atom stereocenters. The normalized spacial score (nSPS) is 22.3. The summed E-state index contributed by atoms with van der Waals surface area (Å²) >= 11 is 3.21. The lowest BCUT2D eigenvalue weighted by Gasteiger charge is -2.37. The summed E-state index contributed by atoms with van der Waals surface area (Å²) in [7, 11) is 0. The third kappa shape index (κ3) is 3.63. The van der Waals surface area contributed by atoms with E-state index in [-0.39, 0.29) is 17.5 Å². The molecule has 0 radical (unpaired) electrons. The zero-order valence-corrected chi connectivity index (χ0v) is 17.7. The number of pyridine rings is 1. The Kier molecular flexibility index (Phi) is 4.66. The van der Waals surface area contributed by atoms with Gasteiger partial charge >= 0.3 is 6.18 Å². The van der Waals surface area contributed by atoms with Gasteiger partial charge in [0.05, 0.1) is 5.54 Å². The van der Waals surface area contributed by atoms with Crippen LogP contribution in [0.2, 0.25) is 0 Å². The third-order valence-electron chi connectivity index (χ3n) is 5.58. The van der Waals surface area contributed by atoms with E-state index in [1.165, 1.54) is 10.6 Å². The van der Waals surface area contributed by atoms with E-state index in [4.69, 9.17) is 5.73 Å². The molecule has 2 atom stereocenters. The molecule has 0 bridgehead atoms. The van der Waals surface area contributed by atoms with Crippen LogP contribution in [0.4, 0.5) is 19.0 Å². The summed E-state index contributed by atoms with van der Waals surface area (Å²) in [6.07, 6.45) is 0.0194. The Balaban J connectivity index is 1.48. The first kappa shape index (κ1) is 20.2. The zero-order valence-electron chi connectivity index (χ0n) is 16.1. The molecule has 3 N–H and O–H groups in total. The highest BCUT2D eigenvalue weighted by Crippen LogP contribution is 2.36. The molecule has 1 fully saturated rings. The van der Waals surface area contributed by atoms with E-state index < -0.39 is 17.4 Å². The third-order valence-corrected chi connectivity index (χ3v) is 5.97. The van der Waals surface area contributed by atoms with Gasteiger partial charge in [0.1, 0.15) is 10.4 Å². The average Bonchev–Trinajstić information content (AvgIpc) is 3.30. The molecule has 0 saturated heterocycles. The van der Waals surface area contributed by atoms with Crippen LogP contribution in [0.15, 0.2) is 41.1 Å². The number of fused-ring (bicyclic) bond motifs is 2. The maximum Gasteiger partial charge on any atom is 0.433 e. The molecule has 1 aliphatic rings. The van der Waals surface area contributed by atoms with Crippen molar-refractivity contribution in [1.29, 1.82) is 0 Å². The molecular weight excluding hydrogens is 477 g/mol. The highest BCUT2D eigenvalue weighted by Gasteiger charge is 2.39. The number of hydrogen-bond donors (Lipinski definition) is 2. The van der Waals surface area contributed by atoms with E-state index in [0.717, 1.165) is 18.9 Å². The summed E-state index contributed by atoms with van der Waals surface area (Å²) < 4.78 is 43.7. The van der Waals surface area contributed by atoms with Crippen molar-refractivity contribution in [3.63, 3.8) is 0 Å². The molecule has 1 saturated carbocycles. The van der Waals surface area contributed by atoms with Gasteiger partial charge in [0.15, 0.2) is 22.8 Å². The van der Waals surface area contributed by atoms with Crippen molar-refractivity contribution >= 4 is 33.0 Å². The van der Waals surface area contributed by atoms with E-state index in [1.807, 2.05) is 28.8 Å². The Bertz CT molecular complexity index is 1270. The van der Waals surface area contributed by atoms with E-state index >= 15 is 0 Å². The number of alkyl halides is 3. The second kappa shape index (κ2) is 7.16. The maximum absolute atomic E-state index is 13.4. The fourth-order valence-corrected chi connectivity index (χ4v) is 4.58. The van der Waals surface area contributed by atoms with Crippen LogP contribution >= 0.6 is 15.9 Å². The fraction of sp³-hybridized carbons (Fsp3) is 0.368. The quantitative estimate of drug-likeness (QED) is 0.449. The number of halogens is 4. The van der Waals surface area contributed by atoms with E-state index in [2.05, 4.69) is 41.5 Å². The molecule has 4 aromatic rings. The lowest BCUT2D eigenvalue weighted by molar-refractivity contribution is -0.141. The SMILES string of the molecule is NC1(c2nnc3ccccn23)CCCC(Nc2cc(C(F)(F)F)nc3cc(Br)nn23)C1. The van der Waals surface area contributed by atoms with Gasteiger partial charge in [-0.05, 0) is 53.7 Å². The van der Waals surface area contributed by atoms with Crippen LogP contribution in [0, 0.1) is 0 Å². The van der Waals surface area contributed by atoms with Crippen LogP contribution in [0.3, 0.4) is 0 Å². The van der Waals surface area contributed by atoms with Crippen LogP contribution in [0.5, 0.6) is 0 Å². The van der Waals surface area contributed by atoms with Crippen LogP contribution < -0.4 is 11.1 Å². The number of nitrogens with two attached hydrogens (primary N) is 1. The molecule has 0 amide bonds. The van der Waals surface area contributed by atoms with Gasteiger partial charge in [-0.25, -0.2) is 4.98 Å². The van der Waals surface area contributed by atoms with E-state index in [0.29, 0.717) is 28.9 Å². The van der Waals surface area contributed by atoms with Gasteiger partial charge in [-0.15, -0.1) is 10.2 Å². The van der Waals surface area contributed by atoms with Gasteiger partial charge in [0, 0.05) is 24.4 Å². The highest BCUT2D eigenvalue weighted by atomic mass is 79.9. The second-order valence-electron chi connectivity index (χ2n) is 7.81. The average molecular weight is 495 g/mol. The standard InChI is InChI=1S/C19H18BrF3N8/c20-13-9-16-26-12(19(21,22)23)8-15(31(16)29-13)25-11-4-3-6-18(24,10-11)17-28-27-14-5-1-2-7-30(14)17/h1-2,5,7-9,11,25H,3-4,6,10,24H2. The van der Waals surface area contributed by atoms with E-state index in [1.54, 1.807) is 0 Å². The Labute approximate surface area is 182 Å². The second-order valence-corrected chi connectivity index (χ2v) is 8.62. The summed E-state index contributed by atoms with van der Waals surface area (Å²) in [5.41, 5.74) is 5.82. The smallest absolute Gasteiger partial charge is 0.367 e. The first-order valence-corrected chi connectivity index (χ1v) is 10.5. The first-order valence-electron chi connectivity index (χ1n) is 9.72. The van der Waals surface area contributed by atoms with Crippen molar-refractivity contribution < 1.29 is 13.2 Å². The monoisotopic (exact) mass is 494 g/mol. The van der Waals surface area contributed by atoms with Crippen LogP contribution in [0.25, 0.3) is 11.3 Å². The van der Waals surface area contributed by atoms with Crippen molar-refractivity contribution in [2.24, 2.45) is 5.73 Å². The molecule has 0 spiro atoms. The zero-order chi connectivity index (χ0) is 21.8. The van der Waals surface area contributed by atoms with Crippen molar-refractivity contribution in [1.82, 2.24) is 29.2 Å². The predicted molar refractivity (Wildman–Crippen MR) is 110 cm³/mol. The van der Waals surface area contributed by atoms with Gasteiger partial charge in [-0.1, -0.05) is 6.07 Å². The van der Waals surface area contributed by atoms with Crippen molar-refractivity contribution in [2.75, 3.05) is 5.32 Å². The maximum atomic E-state index is 13.4. The van der Waals surface area contributed by atoms with Gasteiger partial charge in [0.25, 0.3) is 0 Å². The number of anilines is 1. The summed E-state index contributed by atoms with van der Waals surface area (Å²) in [5.74, 6) is 0.857. The van der Waals surface area contributed by atoms with Crippen LogP contribution in [0.1, 0.15) is 37.2 Å². The molecule has 5 rings (SSSR count). The summed E-state index contributed by atoms with van der Waals surface area (Å²) in [4.78, 5) is 3.68. The van der Waals surface area contributed by atoms with Crippen molar-refractivity contribution in [3.05, 3.63) is 52.7 Å². The number of nitrogens with one attached hydrogen (secondary N) is 1. The number of nitrogens with zero attached hydrogens (tertiary/aromatic N) is 6. The van der Waals surface area contributed by atoms with Crippen molar-refractivity contribution in [3.8, 4) is 0 Å². The minimum Gasteiger partial charge on any atom is -0.367 e. The van der Waals surface area contributed by atoms with E-state index in [9.17, 15) is 13.2 Å². The van der Waals surface area contributed by atoms with Gasteiger partial charge in [0.2, 0.25) is 0 Å². The molecule has 8 nitrogen and oxygen atoms in total. The summed E-state index contributed by atoms with van der Waals surface area (Å²) in [6, 6.07) is 7.84. The highest BCUT2D eigenvalue weighted by molar-refractivity contribution is 9.10. The van der Waals surface area contributed by atoms with Crippen LogP contribution in [-0.2, 0) is 11.7 Å². The van der Waals surface area contributed by atoms with Crippen molar-refractivity contribution in [2.45, 2.75) is 43.4 Å². The molecule has 4 aromatic heterocycles. The Hall–Kier alpha value is -2.73. The number of rotatable bonds is 3. The molecule has 0 aromatic carbocycles. The Morgan fingerprint density at radius 3 is 2.84 bits per heavy atom.